The molecule has 7 heteroatoms. The van der Waals surface area contributed by atoms with Crippen LogP contribution in [0.2, 0.25) is 0 Å². The number of benzene rings is 1. The fourth-order valence-corrected chi connectivity index (χ4v) is 2.00. The quantitative estimate of drug-likeness (QED) is 0.394. The number of nitrogens with one attached hydrogen (secondary N) is 1. The summed E-state index contributed by atoms with van der Waals surface area (Å²) in [7, 11) is -3.61. The summed E-state index contributed by atoms with van der Waals surface area (Å²) in [6.45, 7) is 1.25. The molecule has 0 fully saturated rings. The van der Waals surface area contributed by atoms with Crippen LogP contribution in [0.3, 0.4) is 0 Å². The molecule has 1 rings (SSSR count). The van der Waals surface area contributed by atoms with Gasteiger partial charge in [0.15, 0.2) is 0 Å². The summed E-state index contributed by atoms with van der Waals surface area (Å²) in [6, 6.07) is 9.27. The van der Waals surface area contributed by atoms with E-state index < -0.39 is 7.60 Å². The summed E-state index contributed by atoms with van der Waals surface area (Å²) >= 11 is 0. The third-order valence-electron chi connectivity index (χ3n) is 2.43. The van der Waals surface area contributed by atoms with Crippen LogP contribution in [0.25, 0.3) is 0 Å². The van der Waals surface area contributed by atoms with E-state index in [0.717, 1.165) is 25.2 Å². The molecule has 1 atom stereocenters. The van der Waals surface area contributed by atoms with Crippen molar-refractivity contribution in [3.63, 3.8) is 0 Å². The molecule has 0 aliphatic heterocycles. The van der Waals surface area contributed by atoms with Crippen LogP contribution in [0.1, 0.15) is 25.7 Å². The predicted octanol–water partition coefficient (Wildman–Crippen LogP) is -0.611. The summed E-state index contributed by atoms with van der Waals surface area (Å²) in [5, 5.41) is 2.79. The zero-order chi connectivity index (χ0) is 14.1. The Balaban J connectivity index is 0.00000361. The van der Waals surface area contributed by atoms with Crippen molar-refractivity contribution in [1.29, 1.82) is 0 Å². The number of carbonyl (C=O) groups excluding carboxylic acids is 1. The van der Waals surface area contributed by atoms with Gasteiger partial charge in [0.25, 0.3) is 0 Å². The van der Waals surface area contributed by atoms with Crippen molar-refractivity contribution < 1.29 is 37.6 Å². The zero-order valence-corrected chi connectivity index (χ0v) is 12.9. The molecule has 0 radical (unpaired) electrons. The van der Waals surface area contributed by atoms with Crippen molar-refractivity contribution in [2.45, 2.75) is 25.7 Å². The van der Waals surface area contributed by atoms with Gasteiger partial charge in [-0.15, -0.1) is 0 Å². The van der Waals surface area contributed by atoms with Crippen LogP contribution in [0.4, 0.5) is 5.69 Å². The fraction of sp³-hybridized carbons (Fsp3) is 0.462. The van der Waals surface area contributed by atoms with Crippen LogP contribution in [0.15, 0.2) is 30.3 Å². The molecule has 1 unspecified atom stereocenters. The largest absolute Gasteiger partial charge is 1.00 e. The Kier molecular flexibility index (Phi) is 9.92. The molecule has 0 heterocycles. The SMILES string of the molecule is CP(=O)([O-])OCCCCCC(=O)Nc1ccccc1.[Li+]. The first kappa shape index (κ1) is 19.4. The van der Waals surface area contributed by atoms with Gasteiger partial charge in [-0.05, 0) is 25.0 Å². The maximum Gasteiger partial charge on any atom is 1.00 e. The number of rotatable bonds is 8. The molecular weight excluding hydrogens is 272 g/mol. The molecule has 1 aromatic carbocycles. The van der Waals surface area contributed by atoms with Gasteiger partial charge in [-0.3, -0.25) is 4.79 Å². The molecule has 1 aromatic rings. The third kappa shape index (κ3) is 10.3. The Bertz CT molecular complexity index is 435. The molecule has 5 nitrogen and oxygen atoms in total. The third-order valence-corrected chi connectivity index (χ3v) is 3.08. The van der Waals surface area contributed by atoms with Crippen molar-refractivity contribution in [2.75, 3.05) is 18.6 Å². The molecule has 20 heavy (non-hydrogen) atoms. The van der Waals surface area contributed by atoms with Gasteiger partial charge >= 0.3 is 18.9 Å². The monoisotopic (exact) mass is 291 g/mol. The second kappa shape index (κ2) is 10.2. The van der Waals surface area contributed by atoms with Crippen molar-refractivity contribution in [2.24, 2.45) is 0 Å². The minimum atomic E-state index is -3.61. The van der Waals surface area contributed by atoms with Crippen LogP contribution >= 0.6 is 7.60 Å². The molecule has 1 amide bonds. The first-order chi connectivity index (χ1) is 8.97. The number of amides is 1. The molecule has 0 saturated carbocycles. The number of anilines is 1. The summed E-state index contributed by atoms with van der Waals surface area (Å²) in [5.74, 6) is -0.0305. The van der Waals surface area contributed by atoms with Crippen molar-refractivity contribution in [3.05, 3.63) is 30.3 Å². The van der Waals surface area contributed by atoms with Gasteiger partial charge in [-0.1, -0.05) is 24.6 Å². The summed E-state index contributed by atoms with van der Waals surface area (Å²) < 4.78 is 15.3. The van der Waals surface area contributed by atoms with E-state index in [9.17, 15) is 14.3 Å². The van der Waals surface area contributed by atoms with Crippen molar-refractivity contribution in [1.82, 2.24) is 0 Å². The van der Waals surface area contributed by atoms with Gasteiger partial charge in [0, 0.05) is 18.8 Å². The molecular formula is C13H19LiNO4P. The molecule has 0 aliphatic carbocycles. The minimum Gasteiger partial charge on any atom is -0.779 e. The Hall–Kier alpha value is -0.563. The van der Waals surface area contributed by atoms with E-state index >= 15 is 0 Å². The Morgan fingerprint density at radius 2 is 1.90 bits per heavy atom. The number of hydrogen-bond acceptors (Lipinski definition) is 4. The predicted molar refractivity (Wildman–Crippen MR) is 73.0 cm³/mol. The molecule has 0 aromatic heterocycles. The smallest absolute Gasteiger partial charge is 0.779 e. The topological polar surface area (TPSA) is 78.5 Å². The second-order valence-electron chi connectivity index (χ2n) is 4.33. The normalized spacial score (nSPS) is 13.1. The van der Waals surface area contributed by atoms with Crippen LogP contribution in [-0.2, 0) is 13.9 Å². The molecule has 0 spiro atoms. The standard InChI is InChI=1S/C13H20NO4P.Li/c1-19(16,17)18-11-7-3-6-10-13(15)14-12-8-4-2-5-9-12;/h2,4-5,8-9H,3,6-7,10-11H2,1H3,(H,14,15)(H,16,17);/q;+1/p-1. The molecule has 106 valence electrons. The fourth-order valence-electron chi connectivity index (χ4n) is 1.54. The maximum atomic E-state index is 11.6. The number of para-hydroxylation sites is 1. The Morgan fingerprint density at radius 3 is 2.50 bits per heavy atom. The molecule has 0 aliphatic rings. The number of hydrogen-bond donors (Lipinski definition) is 1. The maximum absolute atomic E-state index is 11.6. The first-order valence-corrected chi connectivity index (χ1v) is 8.24. The van der Waals surface area contributed by atoms with E-state index in [2.05, 4.69) is 9.84 Å². The Labute approximate surface area is 131 Å². The molecule has 0 saturated heterocycles. The summed E-state index contributed by atoms with van der Waals surface area (Å²) in [5.41, 5.74) is 0.786. The van der Waals surface area contributed by atoms with Crippen LogP contribution in [0.5, 0.6) is 0 Å². The number of unbranched alkanes of at least 4 members (excludes halogenated alkanes) is 2. The summed E-state index contributed by atoms with van der Waals surface area (Å²) in [4.78, 5) is 22.3. The van der Waals surface area contributed by atoms with Gasteiger partial charge < -0.3 is 19.3 Å². The van der Waals surface area contributed by atoms with E-state index in [1.54, 1.807) is 0 Å². The van der Waals surface area contributed by atoms with Gasteiger partial charge in [0.2, 0.25) is 5.91 Å². The van der Waals surface area contributed by atoms with Gasteiger partial charge in [-0.25, -0.2) is 0 Å². The van der Waals surface area contributed by atoms with E-state index in [1.807, 2.05) is 30.3 Å². The first-order valence-electron chi connectivity index (χ1n) is 6.25. The van der Waals surface area contributed by atoms with E-state index in [4.69, 9.17) is 0 Å². The minimum absolute atomic E-state index is 0. The average molecular weight is 291 g/mol. The van der Waals surface area contributed by atoms with E-state index in [1.165, 1.54) is 0 Å². The Morgan fingerprint density at radius 1 is 1.25 bits per heavy atom. The summed E-state index contributed by atoms with van der Waals surface area (Å²) in [6.07, 6.45) is 2.55. The van der Waals surface area contributed by atoms with E-state index in [0.29, 0.717) is 12.8 Å². The van der Waals surface area contributed by atoms with Crippen LogP contribution in [0, 0.1) is 0 Å². The van der Waals surface area contributed by atoms with Gasteiger partial charge in [0.1, 0.15) is 7.60 Å². The van der Waals surface area contributed by atoms with Crippen LogP contribution < -0.4 is 29.1 Å². The van der Waals surface area contributed by atoms with Crippen molar-refractivity contribution in [3.8, 4) is 0 Å². The van der Waals surface area contributed by atoms with Gasteiger partial charge in [0.05, 0.1) is 6.61 Å². The van der Waals surface area contributed by atoms with Gasteiger partial charge in [-0.2, -0.15) is 0 Å². The number of carbonyl (C=O) groups is 1. The van der Waals surface area contributed by atoms with Crippen molar-refractivity contribution >= 4 is 19.2 Å². The molecule has 0 bridgehead atoms. The van der Waals surface area contributed by atoms with Crippen LogP contribution in [-0.4, -0.2) is 19.2 Å². The molecule has 1 N–H and O–H groups in total. The second-order valence-corrected chi connectivity index (χ2v) is 6.13. The zero-order valence-electron chi connectivity index (χ0n) is 12.0. The van der Waals surface area contributed by atoms with E-state index in [-0.39, 0.29) is 31.4 Å². The average Bonchev–Trinajstić information content (AvgIpc) is 2.33.